The molecule has 1 aliphatic heterocycles. The highest BCUT2D eigenvalue weighted by molar-refractivity contribution is 7.89. The van der Waals surface area contributed by atoms with Crippen molar-refractivity contribution in [3.8, 4) is 5.75 Å². The van der Waals surface area contributed by atoms with Gasteiger partial charge in [-0.25, -0.2) is 8.42 Å². The molecule has 1 heterocycles. The molecule has 0 aliphatic carbocycles. The number of aryl methyl sites for hydroxylation is 2. The Morgan fingerprint density at radius 3 is 2.38 bits per heavy atom. The summed E-state index contributed by atoms with van der Waals surface area (Å²) in [5.41, 5.74) is 1.87. The average molecular weight is 384 g/mol. The molecule has 0 aromatic heterocycles. The third-order valence-electron chi connectivity index (χ3n) is 4.76. The van der Waals surface area contributed by atoms with Gasteiger partial charge in [-0.3, -0.25) is 4.79 Å². The molecule has 0 N–H and O–H groups in total. The zero-order chi connectivity index (χ0) is 19.5. The molecule has 7 nitrogen and oxygen atoms in total. The van der Waals surface area contributed by atoms with Gasteiger partial charge < -0.3 is 14.5 Å². The minimum atomic E-state index is -3.73. The van der Waals surface area contributed by atoms with E-state index in [1.165, 1.54) is 11.4 Å². The van der Waals surface area contributed by atoms with E-state index in [1.54, 1.807) is 17.0 Å². The number of amides is 1. The van der Waals surface area contributed by atoms with Gasteiger partial charge in [0.25, 0.3) is 0 Å². The molecule has 0 bridgehead atoms. The summed E-state index contributed by atoms with van der Waals surface area (Å²) in [6.07, 6.45) is 0.194. The Morgan fingerprint density at radius 1 is 1.12 bits per heavy atom. The van der Waals surface area contributed by atoms with Gasteiger partial charge in [0.05, 0.1) is 7.11 Å². The average Bonchev–Trinajstić information content (AvgIpc) is 2.77. The van der Waals surface area contributed by atoms with E-state index in [2.05, 4.69) is 0 Å². The molecule has 0 radical (unpaired) electrons. The van der Waals surface area contributed by atoms with Gasteiger partial charge >= 0.3 is 0 Å². The predicted octanol–water partition coefficient (Wildman–Crippen LogP) is 1.10. The lowest BCUT2D eigenvalue weighted by Crippen LogP contribution is -2.38. The Bertz CT molecular complexity index is 762. The molecular weight excluding hydrogens is 354 g/mol. The number of likely N-dealkylation sites (N-methyl/N-ethyl adjacent to an activating group) is 1. The molecule has 2 rings (SSSR count). The maximum atomic E-state index is 13.2. The summed E-state index contributed by atoms with van der Waals surface area (Å²) in [5.74, 6) is 0.338. The van der Waals surface area contributed by atoms with Gasteiger partial charge in [0.1, 0.15) is 10.6 Å². The number of rotatable bonds is 6. The molecule has 0 saturated carbocycles. The summed E-state index contributed by atoms with van der Waals surface area (Å²) in [5, 5.41) is 0. The highest BCUT2D eigenvalue weighted by Gasteiger charge is 2.32. The third-order valence-corrected chi connectivity index (χ3v) is 6.68. The van der Waals surface area contributed by atoms with Gasteiger partial charge in [0.15, 0.2) is 0 Å². The second kappa shape index (κ2) is 8.37. The number of sulfonamides is 1. The maximum absolute atomic E-state index is 13.2. The lowest BCUT2D eigenvalue weighted by molar-refractivity contribution is -0.130. The molecule has 0 atom stereocenters. The Balaban J connectivity index is 2.25. The lowest BCUT2D eigenvalue weighted by atomic mass is 10.1. The van der Waals surface area contributed by atoms with E-state index in [0.29, 0.717) is 18.8 Å². The maximum Gasteiger partial charge on any atom is 0.246 e. The van der Waals surface area contributed by atoms with Crippen molar-refractivity contribution in [3.05, 3.63) is 23.3 Å². The van der Waals surface area contributed by atoms with Gasteiger partial charge in [-0.15, -0.1) is 0 Å². The van der Waals surface area contributed by atoms with E-state index >= 15 is 0 Å². The molecule has 1 amide bonds. The van der Waals surface area contributed by atoms with Crippen LogP contribution in [0.15, 0.2) is 17.0 Å². The summed E-state index contributed by atoms with van der Waals surface area (Å²) >= 11 is 0. The fraction of sp³-hybridized carbons (Fsp3) is 0.611. The number of carbonyl (C=O) groups is 1. The highest BCUT2D eigenvalue weighted by atomic mass is 32.2. The summed E-state index contributed by atoms with van der Waals surface area (Å²) in [6, 6.07) is 3.40. The summed E-state index contributed by atoms with van der Waals surface area (Å²) in [7, 11) is 1.64. The molecular formula is C18H29N3O4S. The number of carbonyl (C=O) groups excluding carboxylic acids is 1. The minimum absolute atomic E-state index is 0.00315. The smallest absolute Gasteiger partial charge is 0.246 e. The largest absolute Gasteiger partial charge is 0.495 e. The van der Waals surface area contributed by atoms with Crippen LogP contribution in [0.25, 0.3) is 0 Å². The van der Waals surface area contributed by atoms with Crippen molar-refractivity contribution in [2.24, 2.45) is 0 Å². The zero-order valence-electron chi connectivity index (χ0n) is 16.3. The molecule has 0 unspecified atom stereocenters. The van der Waals surface area contributed by atoms with Crippen LogP contribution in [0.4, 0.5) is 0 Å². The number of benzene rings is 1. The Hall–Kier alpha value is -1.64. The van der Waals surface area contributed by atoms with Crippen LogP contribution in [0.5, 0.6) is 5.75 Å². The molecule has 1 saturated heterocycles. The van der Waals surface area contributed by atoms with Crippen LogP contribution < -0.4 is 4.74 Å². The quantitative estimate of drug-likeness (QED) is 0.736. The minimum Gasteiger partial charge on any atom is -0.495 e. The van der Waals surface area contributed by atoms with E-state index < -0.39 is 10.0 Å². The van der Waals surface area contributed by atoms with Crippen molar-refractivity contribution in [3.63, 3.8) is 0 Å². The molecule has 1 fully saturated rings. The molecule has 0 spiro atoms. The molecule has 8 heteroatoms. The molecule has 26 heavy (non-hydrogen) atoms. The first-order valence-corrected chi connectivity index (χ1v) is 10.2. The number of nitrogens with zero attached hydrogens (tertiary/aromatic N) is 3. The Kier molecular flexibility index (Phi) is 6.65. The van der Waals surface area contributed by atoms with Gasteiger partial charge in [-0.05, 0) is 51.2 Å². The second-order valence-electron chi connectivity index (χ2n) is 6.93. The summed E-state index contributed by atoms with van der Waals surface area (Å²) < 4.78 is 33.0. The summed E-state index contributed by atoms with van der Waals surface area (Å²) in [6.45, 7) is 6.03. The number of methoxy groups -OCH3 is 1. The van der Waals surface area contributed by atoms with E-state index in [0.717, 1.165) is 17.7 Å². The van der Waals surface area contributed by atoms with E-state index in [4.69, 9.17) is 4.74 Å². The Morgan fingerprint density at radius 2 is 1.77 bits per heavy atom. The van der Waals surface area contributed by atoms with Crippen molar-refractivity contribution in [1.29, 1.82) is 0 Å². The van der Waals surface area contributed by atoms with Crippen molar-refractivity contribution in [1.82, 2.24) is 14.1 Å². The van der Waals surface area contributed by atoms with E-state index in [9.17, 15) is 13.2 Å². The number of hydrogen-bond donors (Lipinski definition) is 0. The van der Waals surface area contributed by atoms with Crippen LogP contribution in [0.3, 0.4) is 0 Å². The van der Waals surface area contributed by atoms with E-state index in [-0.39, 0.29) is 30.3 Å². The lowest BCUT2D eigenvalue weighted by Gasteiger charge is -2.24. The van der Waals surface area contributed by atoms with Gasteiger partial charge in [0.2, 0.25) is 15.9 Å². The molecule has 1 aromatic carbocycles. The second-order valence-corrected chi connectivity index (χ2v) is 8.83. The van der Waals surface area contributed by atoms with Gasteiger partial charge in [-0.2, -0.15) is 4.31 Å². The predicted molar refractivity (Wildman–Crippen MR) is 101 cm³/mol. The number of ether oxygens (including phenoxy) is 1. The fourth-order valence-corrected chi connectivity index (χ4v) is 4.56. The van der Waals surface area contributed by atoms with Crippen LogP contribution in [0, 0.1) is 13.8 Å². The third kappa shape index (κ3) is 4.55. The topological polar surface area (TPSA) is 70.2 Å². The molecule has 1 aliphatic rings. The monoisotopic (exact) mass is 383 g/mol. The fourth-order valence-electron chi connectivity index (χ4n) is 2.91. The van der Waals surface area contributed by atoms with Crippen LogP contribution in [-0.2, 0) is 14.8 Å². The van der Waals surface area contributed by atoms with Crippen molar-refractivity contribution in [2.75, 3.05) is 53.9 Å². The SMILES string of the molecule is COc1cc(C)c(C)cc1S(=O)(=O)N1CCC(=O)N(CCN(C)C)CC1. The van der Waals surface area contributed by atoms with Crippen molar-refractivity contribution < 1.29 is 17.9 Å². The normalized spacial score (nSPS) is 16.8. The van der Waals surface area contributed by atoms with Crippen molar-refractivity contribution >= 4 is 15.9 Å². The molecule has 146 valence electrons. The van der Waals surface area contributed by atoms with Crippen LogP contribution >= 0.6 is 0 Å². The van der Waals surface area contributed by atoms with Crippen LogP contribution in [0.1, 0.15) is 17.5 Å². The van der Waals surface area contributed by atoms with Gasteiger partial charge in [0, 0.05) is 39.1 Å². The van der Waals surface area contributed by atoms with Gasteiger partial charge in [-0.1, -0.05) is 0 Å². The van der Waals surface area contributed by atoms with Crippen LogP contribution in [-0.4, -0.2) is 82.4 Å². The zero-order valence-corrected chi connectivity index (χ0v) is 17.1. The van der Waals surface area contributed by atoms with Crippen LogP contribution in [0.2, 0.25) is 0 Å². The highest BCUT2D eigenvalue weighted by Crippen LogP contribution is 2.30. The Labute approximate surface area is 156 Å². The summed E-state index contributed by atoms with van der Waals surface area (Å²) in [4.78, 5) is 16.2. The first kappa shape index (κ1) is 20.7. The standard InChI is InChI=1S/C18H29N3O4S/c1-14-12-16(25-5)17(13-15(14)2)26(23,24)21-7-6-18(22)20(10-11-21)9-8-19(3)4/h12-13H,6-11H2,1-5H3. The van der Waals surface area contributed by atoms with Crippen molar-refractivity contribution in [2.45, 2.75) is 25.2 Å². The van der Waals surface area contributed by atoms with E-state index in [1.807, 2.05) is 32.8 Å². The first-order chi connectivity index (χ1) is 12.2. The molecule has 1 aromatic rings. The first-order valence-electron chi connectivity index (χ1n) is 8.74. The number of hydrogen-bond acceptors (Lipinski definition) is 5.